The van der Waals surface area contributed by atoms with Gasteiger partial charge in [0, 0.05) is 35.6 Å². The van der Waals surface area contributed by atoms with Gasteiger partial charge in [0.15, 0.2) is 17.3 Å². The molecular formula is C25H27NO6. The van der Waals surface area contributed by atoms with E-state index < -0.39 is 0 Å². The molecule has 7 nitrogen and oxygen atoms in total. The van der Waals surface area contributed by atoms with Crippen LogP contribution in [0.2, 0.25) is 0 Å². The molecule has 0 radical (unpaired) electrons. The van der Waals surface area contributed by atoms with Crippen LogP contribution in [-0.4, -0.2) is 40.1 Å². The molecule has 0 aromatic heterocycles. The van der Waals surface area contributed by atoms with Gasteiger partial charge in [-0.25, -0.2) is 0 Å². The second-order valence-electron chi connectivity index (χ2n) is 7.95. The molecule has 0 saturated carbocycles. The molecular weight excluding hydrogens is 410 g/mol. The standard InChI is InChI=1S/C25H27NO6/c1-29-16-6-8-21(30-2)17(12-16)18-13-24(28)26-19-9-15(10-20(27)25(18)19)14-5-7-22(31-3)23(11-14)32-4/h5-8,11-12,15,18H,9-10,13H2,1-4H3,(H,26,28)/t15-,18-/m0/s1. The third-order valence-corrected chi connectivity index (χ3v) is 6.23. The molecule has 1 heterocycles. The number of carbonyl (C=O) groups excluding carboxylic acids is 2. The van der Waals surface area contributed by atoms with Gasteiger partial charge in [-0.05, 0) is 48.2 Å². The number of allylic oxidation sites excluding steroid dienone is 2. The van der Waals surface area contributed by atoms with Crippen molar-refractivity contribution < 1.29 is 28.5 Å². The minimum absolute atomic E-state index is 0.0286. The first-order chi connectivity index (χ1) is 15.5. The van der Waals surface area contributed by atoms with E-state index in [1.165, 1.54) is 0 Å². The number of ketones is 1. The van der Waals surface area contributed by atoms with Gasteiger partial charge >= 0.3 is 0 Å². The lowest BCUT2D eigenvalue weighted by Crippen LogP contribution is -2.38. The van der Waals surface area contributed by atoms with Crippen LogP contribution in [0.5, 0.6) is 23.0 Å². The zero-order valence-corrected chi connectivity index (χ0v) is 18.7. The molecule has 2 aromatic carbocycles. The summed E-state index contributed by atoms with van der Waals surface area (Å²) in [6, 6.07) is 11.1. The zero-order chi connectivity index (χ0) is 22.8. The van der Waals surface area contributed by atoms with Crippen LogP contribution in [0.25, 0.3) is 0 Å². The molecule has 0 bridgehead atoms. The maximum Gasteiger partial charge on any atom is 0.225 e. The van der Waals surface area contributed by atoms with E-state index in [4.69, 9.17) is 18.9 Å². The average Bonchev–Trinajstić information content (AvgIpc) is 2.82. The van der Waals surface area contributed by atoms with E-state index >= 15 is 0 Å². The van der Waals surface area contributed by atoms with Gasteiger partial charge in [-0.3, -0.25) is 9.59 Å². The van der Waals surface area contributed by atoms with Crippen molar-refractivity contribution in [3.63, 3.8) is 0 Å². The molecule has 0 spiro atoms. The SMILES string of the molecule is COc1ccc(OC)c([C@@H]2CC(=O)NC3=C2C(=O)C[C@@H](c2ccc(OC)c(OC)c2)C3)c1. The number of carbonyl (C=O) groups is 2. The number of nitrogens with one attached hydrogen (secondary N) is 1. The number of Topliss-reactive ketones (excluding diaryl/α,β-unsaturated/α-hetero) is 1. The van der Waals surface area contributed by atoms with Crippen LogP contribution in [0.4, 0.5) is 0 Å². The largest absolute Gasteiger partial charge is 0.497 e. The topological polar surface area (TPSA) is 83.1 Å². The van der Waals surface area contributed by atoms with Crippen molar-refractivity contribution in [3.05, 3.63) is 58.8 Å². The lowest BCUT2D eigenvalue weighted by Gasteiger charge is -2.35. The summed E-state index contributed by atoms with van der Waals surface area (Å²) >= 11 is 0. The Bertz CT molecular complexity index is 1090. The predicted molar refractivity (Wildman–Crippen MR) is 119 cm³/mol. The molecule has 0 unspecified atom stereocenters. The molecule has 0 saturated heterocycles. The smallest absolute Gasteiger partial charge is 0.225 e. The Kier molecular flexibility index (Phi) is 6.08. The van der Waals surface area contributed by atoms with Crippen LogP contribution in [0, 0.1) is 0 Å². The van der Waals surface area contributed by atoms with Gasteiger partial charge in [0.05, 0.1) is 28.4 Å². The van der Waals surface area contributed by atoms with Gasteiger partial charge < -0.3 is 24.3 Å². The third-order valence-electron chi connectivity index (χ3n) is 6.23. The van der Waals surface area contributed by atoms with Crippen molar-refractivity contribution in [2.75, 3.05) is 28.4 Å². The molecule has 1 aliphatic heterocycles. The first kappa shape index (κ1) is 21.7. The molecule has 1 N–H and O–H groups in total. The van der Waals surface area contributed by atoms with Crippen molar-refractivity contribution in [1.29, 1.82) is 0 Å². The van der Waals surface area contributed by atoms with Crippen LogP contribution in [0.3, 0.4) is 0 Å². The van der Waals surface area contributed by atoms with Crippen molar-refractivity contribution >= 4 is 11.7 Å². The van der Waals surface area contributed by atoms with Crippen molar-refractivity contribution in [2.45, 2.75) is 31.1 Å². The van der Waals surface area contributed by atoms with E-state index in [-0.39, 0.29) is 29.9 Å². The second kappa shape index (κ2) is 8.94. The number of rotatable bonds is 6. The summed E-state index contributed by atoms with van der Waals surface area (Å²) in [7, 11) is 6.34. The fourth-order valence-electron chi connectivity index (χ4n) is 4.68. The Morgan fingerprint density at radius 3 is 2.19 bits per heavy atom. The van der Waals surface area contributed by atoms with Gasteiger partial charge in [0.25, 0.3) is 0 Å². The number of ether oxygens (including phenoxy) is 4. The Morgan fingerprint density at radius 2 is 1.50 bits per heavy atom. The van der Waals surface area contributed by atoms with Crippen LogP contribution in [0.1, 0.15) is 42.2 Å². The highest BCUT2D eigenvalue weighted by atomic mass is 16.5. The van der Waals surface area contributed by atoms with Crippen molar-refractivity contribution in [3.8, 4) is 23.0 Å². The molecule has 2 aliphatic rings. The van der Waals surface area contributed by atoms with E-state index in [0.717, 1.165) is 11.1 Å². The molecule has 7 heteroatoms. The van der Waals surface area contributed by atoms with Gasteiger partial charge in [0.1, 0.15) is 11.5 Å². The summed E-state index contributed by atoms with van der Waals surface area (Å²) in [5.74, 6) is 2.01. The highest BCUT2D eigenvalue weighted by Gasteiger charge is 2.39. The van der Waals surface area contributed by atoms with E-state index in [2.05, 4.69) is 5.32 Å². The normalized spacial score (nSPS) is 20.4. The van der Waals surface area contributed by atoms with Crippen LogP contribution >= 0.6 is 0 Å². The van der Waals surface area contributed by atoms with Crippen LogP contribution in [-0.2, 0) is 9.59 Å². The van der Waals surface area contributed by atoms with E-state index in [9.17, 15) is 9.59 Å². The fraction of sp³-hybridized carbons (Fsp3) is 0.360. The quantitative estimate of drug-likeness (QED) is 0.742. The summed E-state index contributed by atoms with van der Waals surface area (Å²) in [5.41, 5.74) is 3.10. The highest BCUT2D eigenvalue weighted by molar-refractivity contribution is 6.02. The lowest BCUT2D eigenvalue weighted by molar-refractivity contribution is -0.122. The third kappa shape index (κ3) is 3.90. The average molecular weight is 437 g/mol. The maximum atomic E-state index is 13.4. The van der Waals surface area contributed by atoms with Crippen molar-refractivity contribution in [1.82, 2.24) is 5.32 Å². The number of benzene rings is 2. The minimum Gasteiger partial charge on any atom is -0.497 e. The minimum atomic E-state index is -0.373. The second-order valence-corrected chi connectivity index (χ2v) is 7.95. The van der Waals surface area contributed by atoms with Gasteiger partial charge in [-0.1, -0.05) is 6.07 Å². The molecule has 2 aromatic rings. The number of amides is 1. The summed E-state index contributed by atoms with van der Waals surface area (Å²) in [6.45, 7) is 0. The van der Waals surface area contributed by atoms with E-state index in [0.29, 0.717) is 47.1 Å². The van der Waals surface area contributed by atoms with Gasteiger partial charge in [-0.15, -0.1) is 0 Å². The molecule has 1 aliphatic carbocycles. The Labute approximate surface area is 187 Å². The predicted octanol–water partition coefficient (Wildman–Crippen LogP) is 3.73. The first-order valence-electron chi connectivity index (χ1n) is 10.5. The fourth-order valence-corrected chi connectivity index (χ4v) is 4.68. The lowest BCUT2D eigenvalue weighted by atomic mass is 9.73. The van der Waals surface area contributed by atoms with E-state index in [1.807, 2.05) is 24.3 Å². The molecule has 0 fully saturated rings. The summed E-state index contributed by atoms with van der Waals surface area (Å²) in [4.78, 5) is 26.0. The summed E-state index contributed by atoms with van der Waals surface area (Å²) < 4.78 is 21.7. The molecule has 1 amide bonds. The highest BCUT2D eigenvalue weighted by Crippen LogP contribution is 2.46. The molecule has 168 valence electrons. The number of hydrogen-bond acceptors (Lipinski definition) is 6. The monoisotopic (exact) mass is 437 g/mol. The van der Waals surface area contributed by atoms with Crippen LogP contribution < -0.4 is 24.3 Å². The Balaban J connectivity index is 1.73. The summed E-state index contributed by atoms with van der Waals surface area (Å²) in [6.07, 6.45) is 1.10. The molecule has 2 atom stereocenters. The Hall–Kier alpha value is -3.48. The Morgan fingerprint density at radius 1 is 0.781 bits per heavy atom. The van der Waals surface area contributed by atoms with Gasteiger partial charge in [-0.2, -0.15) is 0 Å². The van der Waals surface area contributed by atoms with E-state index in [1.54, 1.807) is 40.6 Å². The maximum absolute atomic E-state index is 13.4. The number of hydrogen-bond donors (Lipinski definition) is 1. The first-order valence-corrected chi connectivity index (χ1v) is 10.5. The number of methoxy groups -OCH3 is 4. The molecule has 4 rings (SSSR count). The van der Waals surface area contributed by atoms with Gasteiger partial charge in [0.2, 0.25) is 5.91 Å². The molecule has 32 heavy (non-hydrogen) atoms. The van der Waals surface area contributed by atoms with Crippen LogP contribution in [0.15, 0.2) is 47.7 Å². The van der Waals surface area contributed by atoms with Crippen molar-refractivity contribution in [2.24, 2.45) is 0 Å². The zero-order valence-electron chi connectivity index (χ0n) is 18.7. The summed E-state index contributed by atoms with van der Waals surface area (Å²) in [5, 5.41) is 2.96.